The summed E-state index contributed by atoms with van der Waals surface area (Å²) in [7, 11) is 0. The van der Waals surface area contributed by atoms with Crippen molar-refractivity contribution in [2.75, 3.05) is 0 Å². The van der Waals surface area contributed by atoms with Gasteiger partial charge >= 0.3 is 5.97 Å². The van der Waals surface area contributed by atoms with Crippen molar-refractivity contribution >= 4 is 11.8 Å². The molecule has 0 N–H and O–H groups in total. The fourth-order valence-electron chi connectivity index (χ4n) is 1.18. The minimum absolute atomic E-state index is 0.115. The number of ether oxygens (including phenoxy) is 1. The standard InChI is InChI=1S/C9H12O3/c1-7(10)12-9-4-2-3-8(11)5-6-9/h5-6,9H,2-4H2,1H3. The first-order valence-corrected chi connectivity index (χ1v) is 4.07. The highest BCUT2D eigenvalue weighted by atomic mass is 16.5. The van der Waals surface area contributed by atoms with Gasteiger partial charge in [-0.25, -0.2) is 0 Å². The number of esters is 1. The van der Waals surface area contributed by atoms with E-state index in [1.807, 2.05) is 0 Å². The van der Waals surface area contributed by atoms with Crippen LogP contribution in [-0.2, 0) is 14.3 Å². The molecular weight excluding hydrogens is 156 g/mol. The Morgan fingerprint density at radius 2 is 2.42 bits per heavy atom. The predicted molar refractivity (Wildman–Crippen MR) is 43.6 cm³/mol. The average Bonchev–Trinajstić information content (AvgIpc) is 2.15. The molecule has 0 aromatic carbocycles. The summed E-state index contributed by atoms with van der Waals surface area (Å²) >= 11 is 0. The normalized spacial score (nSPS) is 23.4. The number of carbonyl (C=O) groups excluding carboxylic acids is 2. The van der Waals surface area contributed by atoms with Crippen LogP contribution in [0.5, 0.6) is 0 Å². The fraction of sp³-hybridized carbons (Fsp3) is 0.556. The number of rotatable bonds is 1. The first-order chi connectivity index (χ1) is 5.68. The Labute approximate surface area is 71.4 Å². The van der Waals surface area contributed by atoms with Gasteiger partial charge in [-0.05, 0) is 25.0 Å². The van der Waals surface area contributed by atoms with Crippen LogP contribution in [0.4, 0.5) is 0 Å². The monoisotopic (exact) mass is 168 g/mol. The summed E-state index contributed by atoms with van der Waals surface area (Å²) in [5, 5.41) is 0. The number of hydrogen-bond donors (Lipinski definition) is 0. The summed E-state index contributed by atoms with van der Waals surface area (Å²) in [5.41, 5.74) is 0. The van der Waals surface area contributed by atoms with Gasteiger partial charge in [0.15, 0.2) is 5.78 Å². The molecule has 0 aromatic rings. The zero-order valence-corrected chi connectivity index (χ0v) is 7.08. The predicted octanol–water partition coefficient (Wildman–Crippen LogP) is 1.23. The highest BCUT2D eigenvalue weighted by Gasteiger charge is 2.12. The average molecular weight is 168 g/mol. The van der Waals surface area contributed by atoms with Crippen LogP contribution in [0.1, 0.15) is 26.2 Å². The number of hydrogen-bond acceptors (Lipinski definition) is 3. The molecule has 0 heterocycles. The van der Waals surface area contributed by atoms with E-state index in [0.717, 1.165) is 12.8 Å². The maximum atomic E-state index is 10.9. The quantitative estimate of drug-likeness (QED) is 0.553. The number of allylic oxidation sites excluding steroid dienone is 1. The molecule has 0 saturated carbocycles. The van der Waals surface area contributed by atoms with E-state index in [2.05, 4.69) is 0 Å². The van der Waals surface area contributed by atoms with Crippen molar-refractivity contribution in [2.24, 2.45) is 0 Å². The van der Waals surface area contributed by atoms with Gasteiger partial charge in [0.1, 0.15) is 6.10 Å². The van der Waals surface area contributed by atoms with Gasteiger partial charge in [0.2, 0.25) is 0 Å². The van der Waals surface area contributed by atoms with Gasteiger partial charge in [-0.15, -0.1) is 0 Å². The molecule has 0 spiro atoms. The summed E-state index contributed by atoms with van der Waals surface area (Å²) in [6.45, 7) is 1.38. The van der Waals surface area contributed by atoms with Gasteiger partial charge in [0.25, 0.3) is 0 Å². The molecule has 0 saturated heterocycles. The lowest BCUT2D eigenvalue weighted by atomic mass is 10.2. The van der Waals surface area contributed by atoms with Gasteiger partial charge in [-0.3, -0.25) is 9.59 Å². The third kappa shape index (κ3) is 2.86. The van der Waals surface area contributed by atoms with E-state index in [4.69, 9.17) is 4.74 Å². The van der Waals surface area contributed by atoms with Gasteiger partial charge in [-0.2, -0.15) is 0 Å². The van der Waals surface area contributed by atoms with Crippen molar-refractivity contribution in [1.82, 2.24) is 0 Å². The zero-order chi connectivity index (χ0) is 8.97. The molecule has 0 aliphatic heterocycles. The largest absolute Gasteiger partial charge is 0.458 e. The first-order valence-electron chi connectivity index (χ1n) is 4.07. The Kier molecular flexibility index (Phi) is 3.02. The van der Waals surface area contributed by atoms with Gasteiger partial charge in [-0.1, -0.05) is 0 Å². The Hall–Kier alpha value is -1.12. The van der Waals surface area contributed by atoms with Crippen LogP contribution in [0, 0.1) is 0 Å². The van der Waals surface area contributed by atoms with E-state index in [1.165, 1.54) is 13.0 Å². The highest BCUT2D eigenvalue weighted by Crippen LogP contribution is 2.11. The van der Waals surface area contributed by atoms with E-state index in [0.29, 0.717) is 6.42 Å². The summed E-state index contributed by atoms with van der Waals surface area (Å²) in [6, 6.07) is 0. The molecule has 66 valence electrons. The zero-order valence-electron chi connectivity index (χ0n) is 7.08. The third-order valence-electron chi connectivity index (χ3n) is 1.73. The summed E-state index contributed by atoms with van der Waals surface area (Å²) < 4.78 is 4.94. The van der Waals surface area contributed by atoms with Gasteiger partial charge in [0, 0.05) is 13.3 Å². The summed E-state index contributed by atoms with van der Waals surface area (Å²) in [6.07, 6.45) is 5.07. The highest BCUT2D eigenvalue weighted by molar-refractivity contribution is 5.89. The molecule has 1 unspecified atom stereocenters. The second kappa shape index (κ2) is 4.04. The Morgan fingerprint density at radius 3 is 3.08 bits per heavy atom. The minimum atomic E-state index is -0.293. The van der Waals surface area contributed by atoms with E-state index in [9.17, 15) is 9.59 Å². The molecule has 1 aliphatic carbocycles. The molecule has 0 aromatic heterocycles. The van der Waals surface area contributed by atoms with E-state index >= 15 is 0 Å². The van der Waals surface area contributed by atoms with Crippen LogP contribution in [0.3, 0.4) is 0 Å². The Balaban J connectivity index is 2.49. The molecule has 0 fully saturated rings. The molecule has 1 aliphatic rings. The lowest BCUT2D eigenvalue weighted by Crippen LogP contribution is -2.12. The molecule has 0 amide bonds. The SMILES string of the molecule is CC(=O)OC1C=CC(=O)CCC1. The smallest absolute Gasteiger partial charge is 0.303 e. The molecular formula is C9H12O3. The van der Waals surface area contributed by atoms with Crippen molar-refractivity contribution in [3.63, 3.8) is 0 Å². The van der Waals surface area contributed by atoms with Crippen LogP contribution >= 0.6 is 0 Å². The molecule has 0 radical (unpaired) electrons. The fourth-order valence-corrected chi connectivity index (χ4v) is 1.18. The molecule has 3 nitrogen and oxygen atoms in total. The molecule has 3 heteroatoms. The molecule has 1 rings (SSSR count). The maximum Gasteiger partial charge on any atom is 0.303 e. The Bertz CT molecular complexity index is 218. The first kappa shape index (κ1) is 8.97. The summed E-state index contributed by atoms with van der Waals surface area (Å²) in [4.78, 5) is 21.5. The van der Waals surface area contributed by atoms with Crippen molar-refractivity contribution in [1.29, 1.82) is 0 Å². The van der Waals surface area contributed by atoms with Gasteiger partial charge in [0.05, 0.1) is 0 Å². The van der Waals surface area contributed by atoms with Crippen LogP contribution in [0.25, 0.3) is 0 Å². The van der Waals surface area contributed by atoms with Crippen molar-refractivity contribution < 1.29 is 14.3 Å². The lowest BCUT2D eigenvalue weighted by Gasteiger charge is -2.09. The minimum Gasteiger partial charge on any atom is -0.458 e. The Morgan fingerprint density at radius 1 is 1.67 bits per heavy atom. The van der Waals surface area contributed by atoms with Crippen LogP contribution < -0.4 is 0 Å². The van der Waals surface area contributed by atoms with E-state index in [-0.39, 0.29) is 17.9 Å². The van der Waals surface area contributed by atoms with Crippen LogP contribution in [0.2, 0.25) is 0 Å². The van der Waals surface area contributed by atoms with E-state index in [1.54, 1.807) is 6.08 Å². The lowest BCUT2D eigenvalue weighted by molar-refractivity contribution is -0.144. The maximum absolute atomic E-state index is 10.9. The number of carbonyl (C=O) groups is 2. The van der Waals surface area contributed by atoms with Crippen molar-refractivity contribution in [3.8, 4) is 0 Å². The number of ketones is 1. The molecule has 1 atom stereocenters. The summed E-state index contributed by atoms with van der Waals surface area (Å²) in [5.74, 6) is -0.177. The topological polar surface area (TPSA) is 43.4 Å². The van der Waals surface area contributed by atoms with Crippen molar-refractivity contribution in [3.05, 3.63) is 12.2 Å². The second-order valence-corrected chi connectivity index (χ2v) is 2.87. The van der Waals surface area contributed by atoms with Crippen LogP contribution in [0.15, 0.2) is 12.2 Å². The van der Waals surface area contributed by atoms with Gasteiger partial charge < -0.3 is 4.74 Å². The van der Waals surface area contributed by atoms with E-state index < -0.39 is 0 Å². The third-order valence-corrected chi connectivity index (χ3v) is 1.73. The second-order valence-electron chi connectivity index (χ2n) is 2.87. The van der Waals surface area contributed by atoms with Crippen LogP contribution in [-0.4, -0.2) is 17.9 Å². The van der Waals surface area contributed by atoms with Crippen molar-refractivity contribution in [2.45, 2.75) is 32.3 Å². The molecule has 12 heavy (non-hydrogen) atoms. The molecule has 0 bridgehead atoms.